The van der Waals surface area contributed by atoms with Crippen LogP contribution in [0.15, 0.2) is 10.3 Å². The van der Waals surface area contributed by atoms with E-state index < -0.39 is 16.0 Å². The van der Waals surface area contributed by atoms with Gasteiger partial charge in [0.2, 0.25) is 10.0 Å². The van der Waals surface area contributed by atoms with Gasteiger partial charge in [-0.1, -0.05) is 19.8 Å². The van der Waals surface area contributed by atoms with Gasteiger partial charge in [0.15, 0.2) is 0 Å². The monoisotopic (exact) mass is 317 g/mol. The molecular formula is C13H19NO4S2. The third kappa shape index (κ3) is 3.21. The minimum Gasteiger partial charge on any atom is -0.477 e. The molecule has 1 aliphatic carbocycles. The Morgan fingerprint density at radius 1 is 1.45 bits per heavy atom. The maximum absolute atomic E-state index is 12.4. The summed E-state index contributed by atoms with van der Waals surface area (Å²) in [4.78, 5) is 11.0. The van der Waals surface area contributed by atoms with Crippen molar-refractivity contribution in [2.24, 2.45) is 5.92 Å². The minimum absolute atomic E-state index is 0.0757. The summed E-state index contributed by atoms with van der Waals surface area (Å²) in [5, 5.41) is 10.7. The van der Waals surface area contributed by atoms with Gasteiger partial charge in [0, 0.05) is 6.04 Å². The molecule has 0 bridgehead atoms. The van der Waals surface area contributed by atoms with Crippen molar-refractivity contribution in [2.75, 3.05) is 0 Å². The Labute approximate surface area is 123 Å². The van der Waals surface area contributed by atoms with Crippen molar-refractivity contribution < 1.29 is 18.3 Å². The third-order valence-corrected chi connectivity index (χ3v) is 6.56. The van der Waals surface area contributed by atoms with Crippen molar-refractivity contribution in [3.05, 3.63) is 15.8 Å². The lowest BCUT2D eigenvalue weighted by Gasteiger charge is -2.27. The molecule has 1 heterocycles. The second-order valence-electron chi connectivity index (χ2n) is 5.47. The fourth-order valence-corrected chi connectivity index (χ4v) is 5.65. The number of thiophene rings is 1. The summed E-state index contributed by atoms with van der Waals surface area (Å²) < 4.78 is 27.6. The number of sulfonamides is 1. The first-order valence-corrected chi connectivity index (χ1v) is 9.01. The summed E-state index contributed by atoms with van der Waals surface area (Å²) in [6, 6.07) is -0.0929. The van der Waals surface area contributed by atoms with Gasteiger partial charge in [0.25, 0.3) is 0 Å². The second-order valence-corrected chi connectivity index (χ2v) is 8.00. The number of hydrogen-bond acceptors (Lipinski definition) is 4. The quantitative estimate of drug-likeness (QED) is 0.894. The average Bonchev–Trinajstić information content (AvgIpc) is 2.71. The van der Waals surface area contributed by atoms with Crippen LogP contribution in [0.3, 0.4) is 0 Å². The van der Waals surface area contributed by atoms with E-state index in [0.717, 1.165) is 37.0 Å². The maximum Gasteiger partial charge on any atom is 0.347 e. The number of rotatable bonds is 4. The molecular weight excluding hydrogens is 298 g/mol. The van der Waals surface area contributed by atoms with Crippen molar-refractivity contribution in [2.45, 2.75) is 50.5 Å². The molecule has 5 nitrogen and oxygen atoms in total. The fraction of sp³-hybridized carbons (Fsp3) is 0.615. The van der Waals surface area contributed by atoms with E-state index in [-0.39, 0.29) is 15.8 Å². The minimum atomic E-state index is -3.77. The molecule has 2 atom stereocenters. The van der Waals surface area contributed by atoms with Gasteiger partial charge in [-0.25, -0.2) is 17.9 Å². The molecule has 0 saturated heterocycles. The summed E-state index contributed by atoms with van der Waals surface area (Å²) in [7, 11) is -3.77. The molecule has 20 heavy (non-hydrogen) atoms. The van der Waals surface area contributed by atoms with Crippen LogP contribution in [0.25, 0.3) is 0 Å². The summed E-state index contributed by atoms with van der Waals surface area (Å²) >= 11 is 0.955. The van der Waals surface area contributed by atoms with Crippen LogP contribution in [-0.2, 0) is 10.0 Å². The summed E-state index contributed by atoms with van der Waals surface area (Å²) in [6.45, 7) is 3.74. The second kappa shape index (κ2) is 5.83. The van der Waals surface area contributed by atoms with Gasteiger partial charge in [0.05, 0.1) is 0 Å². The number of carboxylic acid groups (broad SMARTS) is 1. The van der Waals surface area contributed by atoms with Crippen molar-refractivity contribution in [3.63, 3.8) is 0 Å². The highest BCUT2D eigenvalue weighted by molar-refractivity contribution is 7.89. The van der Waals surface area contributed by atoms with Crippen LogP contribution in [-0.4, -0.2) is 25.5 Å². The molecule has 1 aliphatic rings. The lowest BCUT2D eigenvalue weighted by molar-refractivity contribution is 0.0698. The first kappa shape index (κ1) is 15.5. The Balaban J connectivity index is 2.26. The zero-order valence-electron chi connectivity index (χ0n) is 11.5. The van der Waals surface area contributed by atoms with Crippen LogP contribution in [0.1, 0.15) is 47.8 Å². The van der Waals surface area contributed by atoms with Crippen LogP contribution < -0.4 is 4.72 Å². The van der Waals surface area contributed by atoms with Gasteiger partial charge in [-0.2, -0.15) is 0 Å². The van der Waals surface area contributed by atoms with Gasteiger partial charge in [-0.3, -0.25) is 0 Å². The molecule has 0 radical (unpaired) electrons. The average molecular weight is 317 g/mol. The predicted octanol–water partition coefficient (Wildman–Crippen LogP) is 2.61. The van der Waals surface area contributed by atoms with E-state index in [1.54, 1.807) is 12.3 Å². The molecule has 0 aromatic carbocycles. The molecule has 1 aromatic heterocycles. The Hall–Kier alpha value is -0.920. The molecule has 2 N–H and O–H groups in total. The molecule has 0 amide bonds. The number of carbonyl (C=O) groups is 1. The molecule has 1 aromatic rings. The highest BCUT2D eigenvalue weighted by atomic mass is 32.2. The highest BCUT2D eigenvalue weighted by Crippen LogP contribution is 2.29. The van der Waals surface area contributed by atoms with Crippen molar-refractivity contribution >= 4 is 27.3 Å². The molecule has 112 valence electrons. The molecule has 0 spiro atoms. The lowest BCUT2D eigenvalue weighted by Crippen LogP contribution is -2.38. The van der Waals surface area contributed by atoms with Crippen LogP contribution >= 0.6 is 11.3 Å². The summed E-state index contributed by atoms with van der Waals surface area (Å²) in [5.74, 6) is -0.695. The number of aromatic carboxylic acids is 1. The smallest absolute Gasteiger partial charge is 0.347 e. The maximum atomic E-state index is 12.4. The Kier molecular flexibility index (Phi) is 4.51. The molecule has 1 saturated carbocycles. The molecule has 1 fully saturated rings. The van der Waals surface area contributed by atoms with Crippen molar-refractivity contribution in [1.29, 1.82) is 0 Å². The molecule has 2 unspecified atom stereocenters. The predicted molar refractivity (Wildman–Crippen MR) is 77.8 cm³/mol. The van der Waals surface area contributed by atoms with Gasteiger partial charge in [-0.05, 0) is 36.6 Å². The van der Waals surface area contributed by atoms with E-state index in [1.807, 2.05) is 0 Å². The first-order chi connectivity index (χ1) is 9.31. The number of carboxylic acids is 1. The van der Waals surface area contributed by atoms with E-state index in [0.29, 0.717) is 11.5 Å². The molecule has 2 rings (SSSR count). The van der Waals surface area contributed by atoms with Crippen LogP contribution in [0, 0.1) is 12.8 Å². The summed E-state index contributed by atoms with van der Waals surface area (Å²) in [6.07, 6.45) is 3.75. The van der Waals surface area contributed by atoms with E-state index in [1.165, 1.54) is 0 Å². The van der Waals surface area contributed by atoms with Gasteiger partial charge < -0.3 is 5.11 Å². The van der Waals surface area contributed by atoms with Crippen LogP contribution in [0.5, 0.6) is 0 Å². The van der Waals surface area contributed by atoms with Gasteiger partial charge in [0.1, 0.15) is 9.77 Å². The normalized spacial score (nSPS) is 23.7. The standard InChI is InChI=1S/C13H19NO4S2/c1-8-4-3-5-10(6-8)14-20(17,18)12-9(2)7-19-11(12)13(15)16/h7-8,10,14H,3-6H2,1-2H3,(H,15,16). The first-order valence-electron chi connectivity index (χ1n) is 6.65. The third-order valence-electron chi connectivity index (χ3n) is 3.64. The number of nitrogens with one attached hydrogen (secondary N) is 1. The largest absolute Gasteiger partial charge is 0.477 e. The SMILES string of the molecule is Cc1csc(C(=O)O)c1S(=O)(=O)NC1CCCC(C)C1. The van der Waals surface area contributed by atoms with Crippen LogP contribution in [0.2, 0.25) is 0 Å². The van der Waals surface area contributed by atoms with E-state index in [9.17, 15) is 13.2 Å². The molecule has 7 heteroatoms. The van der Waals surface area contributed by atoms with Crippen LogP contribution in [0.4, 0.5) is 0 Å². The van der Waals surface area contributed by atoms with E-state index in [2.05, 4.69) is 11.6 Å². The molecule has 0 aliphatic heterocycles. The Morgan fingerprint density at radius 2 is 2.15 bits per heavy atom. The van der Waals surface area contributed by atoms with E-state index >= 15 is 0 Å². The van der Waals surface area contributed by atoms with Crippen molar-refractivity contribution in [3.8, 4) is 0 Å². The van der Waals surface area contributed by atoms with E-state index in [4.69, 9.17) is 5.11 Å². The zero-order chi connectivity index (χ0) is 14.9. The zero-order valence-corrected chi connectivity index (χ0v) is 13.2. The fourth-order valence-electron chi connectivity index (χ4n) is 2.73. The Bertz CT molecular complexity index is 606. The number of hydrogen-bond donors (Lipinski definition) is 2. The lowest BCUT2D eigenvalue weighted by atomic mass is 9.88. The van der Waals surface area contributed by atoms with Gasteiger partial charge >= 0.3 is 5.97 Å². The number of aryl methyl sites for hydroxylation is 1. The summed E-state index contributed by atoms with van der Waals surface area (Å²) in [5.41, 5.74) is 0.490. The van der Waals surface area contributed by atoms with Crippen molar-refractivity contribution in [1.82, 2.24) is 4.72 Å². The topological polar surface area (TPSA) is 83.5 Å². The highest BCUT2D eigenvalue weighted by Gasteiger charge is 2.30. The Morgan fingerprint density at radius 3 is 2.75 bits per heavy atom. The van der Waals surface area contributed by atoms with Gasteiger partial charge in [-0.15, -0.1) is 11.3 Å².